The molecule has 0 radical (unpaired) electrons. The van der Waals surface area contributed by atoms with Crippen LogP contribution in [0.5, 0.6) is 0 Å². The van der Waals surface area contributed by atoms with Crippen molar-refractivity contribution in [2.24, 2.45) is 0 Å². The van der Waals surface area contributed by atoms with Crippen LogP contribution >= 0.6 is 0 Å². The SMILES string of the molecule is C1=CN(C=CC23CCCN2CCC3)ON1. The summed E-state index contributed by atoms with van der Waals surface area (Å²) in [4.78, 5) is 7.73. The van der Waals surface area contributed by atoms with Crippen LogP contribution in [0.1, 0.15) is 25.7 Å². The third-order valence-electron chi connectivity index (χ3n) is 3.68. The highest BCUT2D eigenvalue weighted by Gasteiger charge is 2.42. The summed E-state index contributed by atoms with van der Waals surface area (Å²) >= 11 is 0. The lowest BCUT2D eigenvalue weighted by Gasteiger charge is -2.28. The van der Waals surface area contributed by atoms with Gasteiger partial charge in [-0.05, 0) is 44.8 Å². The summed E-state index contributed by atoms with van der Waals surface area (Å²) in [6, 6.07) is 0. The summed E-state index contributed by atoms with van der Waals surface area (Å²) in [6.45, 7) is 2.53. The number of fused-ring (bicyclic) bond motifs is 1. The standard InChI is InChI=1S/C11H17N3O/c1-3-11(4-2-8-13(11)7-1)5-9-14-10-6-12-15-14/h5-6,9-10,12H,1-4,7-8H2. The van der Waals surface area contributed by atoms with Crippen LogP contribution in [0, 0.1) is 0 Å². The second-order valence-electron chi connectivity index (χ2n) is 4.50. The molecule has 0 saturated carbocycles. The minimum absolute atomic E-state index is 0.333. The Kier molecular flexibility index (Phi) is 2.18. The van der Waals surface area contributed by atoms with E-state index in [1.165, 1.54) is 38.8 Å². The lowest BCUT2D eigenvalue weighted by molar-refractivity contribution is -0.107. The highest BCUT2D eigenvalue weighted by molar-refractivity contribution is 5.13. The summed E-state index contributed by atoms with van der Waals surface area (Å²) in [7, 11) is 0. The minimum Gasteiger partial charge on any atom is -0.294 e. The van der Waals surface area contributed by atoms with Gasteiger partial charge in [-0.3, -0.25) is 4.90 Å². The number of nitrogens with zero attached hydrogens (tertiary/aromatic N) is 2. The van der Waals surface area contributed by atoms with Gasteiger partial charge in [0.2, 0.25) is 0 Å². The molecule has 3 aliphatic rings. The van der Waals surface area contributed by atoms with Crippen molar-refractivity contribution < 1.29 is 4.94 Å². The summed E-state index contributed by atoms with van der Waals surface area (Å²) in [5, 5.41) is 1.71. The topological polar surface area (TPSA) is 27.7 Å². The first-order chi connectivity index (χ1) is 7.39. The highest BCUT2D eigenvalue weighted by atomic mass is 16.8. The first kappa shape index (κ1) is 9.24. The number of hydrogen-bond acceptors (Lipinski definition) is 4. The molecule has 0 aromatic carbocycles. The molecule has 4 nitrogen and oxygen atoms in total. The molecule has 3 rings (SSSR count). The van der Waals surface area contributed by atoms with Gasteiger partial charge in [0, 0.05) is 17.9 Å². The average molecular weight is 207 g/mol. The van der Waals surface area contributed by atoms with E-state index in [0.717, 1.165) is 0 Å². The van der Waals surface area contributed by atoms with Crippen LogP contribution in [-0.4, -0.2) is 28.6 Å². The normalized spacial score (nSPS) is 28.9. The predicted molar refractivity (Wildman–Crippen MR) is 57.1 cm³/mol. The van der Waals surface area contributed by atoms with Gasteiger partial charge in [-0.15, -0.1) is 0 Å². The minimum atomic E-state index is 0.333. The lowest BCUT2D eigenvalue weighted by atomic mass is 9.94. The van der Waals surface area contributed by atoms with Crippen molar-refractivity contribution >= 4 is 0 Å². The van der Waals surface area contributed by atoms with Crippen LogP contribution in [0.25, 0.3) is 0 Å². The van der Waals surface area contributed by atoms with E-state index >= 15 is 0 Å². The number of hydroxylamine groups is 3. The van der Waals surface area contributed by atoms with Gasteiger partial charge in [0.05, 0.1) is 6.20 Å². The van der Waals surface area contributed by atoms with Crippen molar-refractivity contribution in [2.45, 2.75) is 31.2 Å². The average Bonchev–Trinajstić information content (AvgIpc) is 2.91. The summed E-state index contributed by atoms with van der Waals surface area (Å²) < 4.78 is 0. The fourth-order valence-corrected chi connectivity index (χ4v) is 2.94. The van der Waals surface area contributed by atoms with Crippen molar-refractivity contribution in [3.8, 4) is 0 Å². The maximum absolute atomic E-state index is 5.12. The molecule has 3 aliphatic heterocycles. The Hall–Kier alpha value is -1.00. The summed E-state index contributed by atoms with van der Waals surface area (Å²) in [5.74, 6) is 0. The molecule has 82 valence electrons. The predicted octanol–water partition coefficient (Wildman–Crippen LogP) is 1.35. The monoisotopic (exact) mass is 207 g/mol. The van der Waals surface area contributed by atoms with Gasteiger partial charge in [0.1, 0.15) is 0 Å². The van der Waals surface area contributed by atoms with Crippen LogP contribution in [0.3, 0.4) is 0 Å². The molecule has 0 unspecified atom stereocenters. The zero-order valence-electron chi connectivity index (χ0n) is 8.85. The molecule has 0 bridgehead atoms. The zero-order valence-corrected chi connectivity index (χ0v) is 8.85. The number of nitrogens with one attached hydrogen (secondary N) is 1. The largest absolute Gasteiger partial charge is 0.294 e. The van der Waals surface area contributed by atoms with E-state index in [1.54, 1.807) is 11.3 Å². The summed E-state index contributed by atoms with van der Waals surface area (Å²) in [6.07, 6.45) is 13.3. The molecule has 3 heterocycles. The van der Waals surface area contributed by atoms with Gasteiger partial charge in [0.15, 0.2) is 0 Å². The van der Waals surface area contributed by atoms with Crippen molar-refractivity contribution in [2.75, 3.05) is 13.1 Å². The van der Waals surface area contributed by atoms with Gasteiger partial charge in [-0.25, -0.2) is 10.5 Å². The molecule has 0 aliphatic carbocycles. The van der Waals surface area contributed by atoms with Gasteiger partial charge < -0.3 is 0 Å². The van der Waals surface area contributed by atoms with E-state index in [0.29, 0.717) is 5.54 Å². The third-order valence-corrected chi connectivity index (χ3v) is 3.68. The molecule has 15 heavy (non-hydrogen) atoms. The third kappa shape index (κ3) is 1.54. The van der Waals surface area contributed by atoms with E-state index in [1.807, 2.05) is 12.4 Å². The number of rotatable bonds is 2. The van der Waals surface area contributed by atoms with Gasteiger partial charge >= 0.3 is 0 Å². The summed E-state index contributed by atoms with van der Waals surface area (Å²) in [5.41, 5.74) is 3.02. The van der Waals surface area contributed by atoms with Crippen molar-refractivity contribution in [3.05, 3.63) is 24.7 Å². The Balaban J connectivity index is 1.72. The quantitative estimate of drug-likeness (QED) is 0.739. The molecule has 0 atom stereocenters. The van der Waals surface area contributed by atoms with Crippen LogP contribution in [0.2, 0.25) is 0 Å². The second-order valence-corrected chi connectivity index (χ2v) is 4.50. The smallest absolute Gasteiger partial charge is 0.0533 e. The molecule has 2 saturated heterocycles. The molecule has 2 fully saturated rings. The van der Waals surface area contributed by atoms with E-state index in [4.69, 9.17) is 4.94 Å². The molecule has 0 spiro atoms. The molecule has 1 N–H and O–H groups in total. The molecular formula is C11H17N3O. The van der Waals surface area contributed by atoms with E-state index in [-0.39, 0.29) is 0 Å². The first-order valence-corrected chi connectivity index (χ1v) is 5.71. The molecule has 0 aromatic heterocycles. The van der Waals surface area contributed by atoms with Crippen molar-refractivity contribution in [1.82, 2.24) is 15.4 Å². The van der Waals surface area contributed by atoms with Gasteiger partial charge in [0.25, 0.3) is 0 Å². The molecular weight excluding hydrogens is 190 g/mol. The first-order valence-electron chi connectivity index (χ1n) is 5.71. The Morgan fingerprint density at radius 1 is 1.27 bits per heavy atom. The van der Waals surface area contributed by atoms with Gasteiger partial charge in [-0.1, -0.05) is 0 Å². The van der Waals surface area contributed by atoms with Crippen LogP contribution in [0.15, 0.2) is 24.7 Å². The molecule has 0 amide bonds. The highest BCUT2D eigenvalue weighted by Crippen LogP contribution is 2.39. The second kappa shape index (κ2) is 3.54. The van der Waals surface area contributed by atoms with E-state index in [2.05, 4.69) is 16.5 Å². The number of hydrogen-bond donors (Lipinski definition) is 1. The Labute approximate surface area is 90.1 Å². The van der Waals surface area contributed by atoms with E-state index in [9.17, 15) is 0 Å². The Morgan fingerprint density at radius 3 is 2.73 bits per heavy atom. The van der Waals surface area contributed by atoms with E-state index < -0.39 is 0 Å². The van der Waals surface area contributed by atoms with Crippen LogP contribution in [0.4, 0.5) is 0 Å². The van der Waals surface area contributed by atoms with Crippen LogP contribution in [-0.2, 0) is 4.94 Å². The zero-order chi connectivity index (χ0) is 10.1. The maximum Gasteiger partial charge on any atom is 0.0533 e. The maximum atomic E-state index is 5.12. The lowest BCUT2D eigenvalue weighted by Crippen LogP contribution is -2.36. The molecule has 0 aromatic rings. The Morgan fingerprint density at radius 2 is 2.07 bits per heavy atom. The molecule has 4 heteroatoms. The Bertz CT molecular complexity index is 290. The van der Waals surface area contributed by atoms with Gasteiger partial charge in [-0.2, -0.15) is 4.94 Å². The fraction of sp³-hybridized carbons (Fsp3) is 0.636. The fourth-order valence-electron chi connectivity index (χ4n) is 2.94. The van der Waals surface area contributed by atoms with Crippen molar-refractivity contribution in [3.63, 3.8) is 0 Å². The van der Waals surface area contributed by atoms with Crippen LogP contribution < -0.4 is 5.48 Å². The van der Waals surface area contributed by atoms with Crippen molar-refractivity contribution in [1.29, 1.82) is 0 Å².